The smallest absolute Gasteiger partial charge is 0.347 e. The van der Waals surface area contributed by atoms with Gasteiger partial charge in [0.2, 0.25) is 0 Å². The molecule has 1 rings (SSSR count). The molecular weight excluding hydrogens is 468 g/mol. The molecule has 11 nitrogen and oxygen atoms in total. The third-order valence-corrected chi connectivity index (χ3v) is 4.51. The maximum atomic E-state index is 13.1. The van der Waals surface area contributed by atoms with Crippen molar-refractivity contribution in [3.63, 3.8) is 0 Å². The van der Waals surface area contributed by atoms with Gasteiger partial charge in [0.05, 0.1) is 0 Å². The van der Waals surface area contributed by atoms with Crippen molar-refractivity contribution in [2.45, 2.75) is 110 Å². The highest BCUT2D eigenvalue weighted by atomic mass is 16.6. The van der Waals surface area contributed by atoms with Gasteiger partial charge in [0.25, 0.3) is 0 Å². The van der Waals surface area contributed by atoms with Gasteiger partial charge in [-0.25, -0.2) is 14.4 Å². The predicted molar refractivity (Wildman–Crippen MR) is 134 cm³/mol. The molecule has 6 N–H and O–H groups in total. The second-order valence-electron chi connectivity index (χ2n) is 11.9. The summed E-state index contributed by atoms with van der Waals surface area (Å²) in [4.78, 5) is 51.5. The maximum absolute atomic E-state index is 13.1. The lowest BCUT2D eigenvalue weighted by Gasteiger charge is -2.36. The molecular formula is C25H42N4O7. The van der Waals surface area contributed by atoms with E-state index in [0.717, 1.165) is 0 Å². The van der Waals surface area contributed by atoms with E-state index in [1.54, 1.807) is 74.5 Å². The van der Waals surface area contributed by atoms with Gasteiger partial charge in [-0.05, 0) is 74.5 Å². The summed E-state index contributed by atoms with van der Waals surface area (Å²) in [6, 6.07) is -0.960. The van der Waals surface area contributed by atoms with E-state index in [1.165, 1.54) is 6.08 Å². The van der Waals surface area contributed by atoms with Crippen LogP contribution < -0.4 is 22.1 Å². The largest absolute Gasteiger partial charge is 0.460 e. The third-order valence-electron chi connectivity index (χ3n) is 4.51. The Morgan fingerprint density at radius 2 is 1.44 bits per heavy atom. The summed E-state index contributed by atoms with van der Waals surface area (Å²) < 4.78 is 16.2. The van der Waals surface area contributed by atoms with Crippen LogP contribution in [-0.2, 0) is 28.6 Å². The monoisotopic (exact) mass is 510 g/mol. The highest BCUT2D eigenvalue weighted by Crippen LogP contribution is 2.25. The van der Waals surface area contributed by atoms with Gasteiger partial charge in [-0.15, -0.1) is 0 Å². The molecule has 1 aliphatic rings. The van der Waals surface area contributed by atoms with E-state index in [9.17, 15) is 19.2 Å². The van der Waals surface area contributed by atoms with Crippen molar-refractivity contribution in [3.05, 3.63) is 23.9 Å². The standard InChI is InChI=1S/C25H42N4O7/c1-21(2,3)34-17(30)12-14-25(27,19(32)36-23(7,8)9)29-20(33)28-24(13-10-11-16(26)15-24)18(31)35-22(4,5)6/h10-11,15H,12-14,26-27H2,1-9H3,(H2,28,29,33)/t24?,25-/m1/s1. The fourth-order valence-corrected chi connectivity index (χ4v) is 3.13. The van der Waals surface area contributed by atoms with Crippen LogP contribution in [0, 0.1) is 0 Å². The van der Waals surface area contributed by atoms with E-state index in [4.69, 9.17) is 25.7 Å². The molecule has 0 aliphatic heterocycles. The lowest BCUT2D eigenvalue weighted by molar-refractivity contribution is -0.164. The SMILES string of the molecule is CC(C)(C)OC(=O)CC[C@@](N)(NC(=O)NC1(C(=O)OC(C)(C)C)C=C(N)C=CC1)C(=O)OC(C)(C)C. The van der Waals surface area contributed by atoms with Crippen molar-refractivity contribution in [1.82, 2.24) is 10.6 Å². The van der Waals surface area contributed by atoms with Crippen molar-refractivity contribution >= 4 is 23.9 Å². The third kappa shape index (κ3) is 10.3. The minimum absolute atomic E-state index is 0.0535. The van der Waals surface area contributed by atoms with E-state index in [2.05, 4.69) is 10.6 Å². The van der Waals surface area contributed by atoms with Crippen LogP contribution in [0.1, 0.15) is 81.6 Å². The minimum Gasteiger partial charge on any atom is -0.460 e. The van der Waals surface area contributed by atoms with Crippen molar-refractivity contribution in [2.24, 2.45) is 11.5 Å². The van der Waals surface area contributed by atoms with Crippen LogP contribution in [0.3, 0.4) is 0 Å². The molecule has 0 spiro atoms. The number of allylic oxidation sites excluding steroid dienone is 1. The number of esters is 3. The predicted octanol–water partition coefficient (Wildman–Crippen LogP) is 2.29. The molecule has 0 radical (unpaired) electrons. The molecule has 1 unspecified atom stereocenters. The zero-order valence-electron chi connectivity index (χ0n) is 22.9. The summed E-state index contributed by atoms with van der Waals surface area (Å²) in [6.07, 6.45) is 4.04. The molecule has 2 amide bonds. The van der Waals surface area contributed by atoms with E-state index < -0.39 is 51.9 Å². The Bertz CT molecular complexity index is 922. The molecule has 204 valence electrons. The van der Waals surface area contributed by atoms with Gasteiger partial charge in [-0.1, -0.05) is 6.08 Å². The fourth-order valence-electron chi connectivity index (χ4n) is 3.13. The molecule has 0 aromatic rings. The van der Waals surface area contributed by atoms with Gasteiger partial charge < -0.3 is 30.6 Å². The van der Waals surface area contributed by atoms with Gasteiger partial charge >= 0.3 is 23.9 Å². The highest BCUT2D eigenvalue weighted by Gasteiger charge is 2.45. The van der Waals surface area contributed by atoms with Gasteiger partial charge in [-0.2, -0.15) is 0 Å². The second kappa shape index (κ2) is 10.9. The highest BCUT2D eigenvalue weighted by molar-refractivity contribution is 5.93. The first-order valence-electron chi connectivity index (χ1n) is 11.8. The number of amides is 2. The van der Waals surface area contributed by atoms with E-state index in [0.29, 0.717) is 0 Å². The van der Waals surface area contributed by atoms with Crippen molar-refractivity contribution < 1.29 is 33.4 Å². The van der Waals surface area contributed by atoms with Crippen LogP contribution >= 0.6 is 0 Å². The Hall–Kier alpha value is -3.08. The van der Waals surface area contributed by atoms with Crippen LogP contribution in [0.25, 0.3) is 0 Å². The zero-order valence-corrected chi connectivity index (χ0v) is 22.9. The van der Waals surface area contributed by atoms with Crippen LogP contribution in [0.2, 0.25) is 0 Å². The number of carbonyl (C=O) groups excluding carboxylic acids is 4. The second-order valence-corrected chi connectivity index (χ2v) is 11.9. The molecule has 0 saturated heterocycles. The first-order chi connectivity index (χ1) is 16.1. The summed E-state index contributed by atoms with van der Waals surface area (Å²) in [5.74, 6) is -2.31. The number of hydrogen-bond donors (Lipinski definition) is 4. The number of ether oxygens (including phenoxy) is 3. The van der Waals surface area contributed by atoms with E-state index in [-0.39, 0.29) is 25.0 Å². The maximum Gasteiger partial charge on any atom is 0.347 e. The van der Waals surface area contributed by atoms with Gasteiger partial charge in [-0.3, -0.25) is 10.5 Å². The minimum atomic E-state index is -2.11. The van der Waals surface area contributed by atoms with E-state index in [1.807, 2.05) is 0 Å². The lowest BCUT2D eigenvalue weighted by Crippen LogP contribution is -2.68. The molecule has 0 aromatic carbocycles. The summed E-state index contributed by atoms with van der Waals surface area (Å²) in [6.45, 7) is 15.1. The molecule has 2 atom stereocenters. The van der Waals surface area contributed by atoms with Crippen LogP contribution in [-0.4, -0.2) is 51.9 Å². The molecule has 11 heteroatoms. The Morgan fingerprint density at radius 1 is 0.917 bits per heavy atom. The van der Waals surface area contributed by atoms with Crippen LogP contribution in [0.5, 0.6) is 0 Å². The molecule has 0 bridgehead atoms. The first-order valence-corrected chi connectivity index (χ1v) is 11.8. The zero-order chi connectivity index (χ0) is 28.2. The molecule has 36 heavy (non-hydrogen) atoms. The Balaban J connectivity index is 3.20. The average molecular weight is 511 g/mol. The quantitative estimate of drug-likeness (QED) is 0.228. The molecule has 1 aliphatic carbocycles. The Labute approximate surface area is 213 Å². The topological polar surface area (TPSA) is 172 Å². The van der Waals surface area contributed by atoms with Gasteiger partial charge in [0.1, 0.15) is 16.8 Å². The number of rotatable bonds is 7. The number of nitrogens with two attached hydrogens (primary N) is 2. The first kappa shape index (κ1) is 31.0. The molecule has 0 aromatic heterocycles. The van der Waals surface area contributed by atoms with E-state index >= 15 is 0 Å². The van der Waals surface area contributed by atoms with Crippen molar-refractivity contribution in [2.75, 3.05) is 0 Å². The molecule has 0 heterocycles. The summed E-state index contributed by atoms with van der Waals surface area (Å²) >= 11 is 0. The number of urea groups is 1. The Kier molecular flexibility index (Phi) is 9.37. The summed E-state index contributed by atoms with van der Waals surface area (Å²) in [5, 5.41) is 4.93. The van der Waals surface area contributed by atoms with Gasteiger partial charge in [0.15, 0.2) is 11.2 Å². The van der Waals surface area contributed by atoms with Gasteiger partial charge in [0, 0.05) is 25.0 Å². The number of nitrogens with one attached hydrogen (secondary N) is 2. The average Bonchev–Trinajstić information content (AvgIpc) is 2.62. The van der Waals surface area contributed by atoms with Crippen molar-refractivity contribution in [1.29, 1.82) is 0 Å². The molecule has 0 saturated carbocycles. The molecule has 0 fully saturated rings. The summed E-state index contributed by atoms with van der Waals surface area (Å²) in [7, 11) is 0. The normalized spacial score (nSPS) is 19.9. The van der Waals surface area contributed by atoms with Crippen LogP contribution in [0.4, 0.5) is 4.79 Å². The summed E-state index contributed by atoms with van der Waals surface area (Å²) in [5.41, 5.74) is 6.18. The number of carbonyl (C=O) groups is 4. The lowest BCUT2D eigenvalue weighted by atomic mass is 9.89. The number of hydrogen-bond acceptors (Lipinski definition) is 9. The van der Waals surface area contributed by atoms with Crippen LogP contribution in [0.15, 0.2) is 23.9 Å². The fraction of sp³-hybridized carbons (Fsp3) is 0.680. The Morgan fingerprint density at radius 3 is 1.92 bits per heavy atom. The van der Waals surface area contributed by atoms with Crippen molar-refractivity contribution in [3.8, 4) is 0 Å².